The Morgan fingerprint density at radius 2 is 2.00 bits per heavy atom. The molecule has 0 radical (unpaired) electrons. The molecule has 1 N–H and O–H groups in total. The van der Waals surface area contributed by atoms with E-state index in [9.17, 15) is 0 Å². The molecule has 0 aromatic heterocycles. The van der Waals surface area contributed by atoms with Crippen LogP contribution in [-0.2, 0) is 0 Å². The fraction of sp³-hybridized carbons (Fsp3) is 0.600. The van der Waals surface area contributed by atoms with Crippen LogP contribution in [-0.4, -0.2) is 6.54 Å². The lowest BCUT2D eigenvalue weighted by Crippen LogP contribution is -2.21. The fourth-order valence-electron chi connectivity index (χ4n) is 2.09. The Morgan fingerprint density at radius 3 is 2.59 bits per heavy atom. The molecule has 1 rings (SSSR count). The van der Waals surface area contributed by atoms with Gasteiger partial charge in [-0.05, 0) is 59.2 Å². The molecule has 0 bridgehead atoms. The molecule has 1 nitrogen and oxygen atoms in total. The van der Waals surface area contributed by atoms with Gasteiger partial charge in [0, 0.05) is 9.61 Å². The van der Waals surface area contributed by atoms with E-state index in [-0.39, 0.29) is 0 Å². The van der Waals surface area contributed by atoms with E-state index in [0.29, 0.717) is 6.04 Å². The summed E-state index contributed by atoms with van der Waals surface area (Å²) in [7, 11) is 0. The summed E-state index contributed by atoms with van der Waals surface area (Å²) in [5, 5.41) is 3.60. The van der Waals surface area contributed by atoms with Crippen LogP contribution < -0.4 is 5.32 Å². The van der Waals surface area contributed by atoms with E-state index in [1.807, 2.05) is 0 Å². The zero-order chi connectivity index (χ0) is 12.7. The molecule has 0 heterocycles. The van der Waals surface area contributed by atoms with Gasteiger partial charge >= 0.3 is 0 Å². The molecule has 0 aliphatic carbocycles. The monoisotopic (exact) mass is 345 g/mol. The quantitative estimate of drug-likeness (QED) is 0.702. The third-order valence-corrected chi connectivity index (χ3v) is 3.65. The van der Waals surface area contributed by atoms with Gasteiger partial charge in [0.1, 0.15) is 0 Å². The van der Waals surface area contributed by atoms with E-state index in [1.165, 1.54) is 28.4 Å². The van der Waals surface area contributed by atoms with Crippen LogP contribution in [0.15, 0.2) is 24.3 Å². The molecule has 0 saturated carbocycles. The Hall–Kier alpha value is -0.0900. The number of nitrogens with one attached hydrogen (secondary N) is 1. The Bertz CT molecular complexity index is 322. The second-order valence-electron chi connectivity index (χ2n) is 4.99. The molecule has 1 unspecified atom stereocenters. The lowest BCUT2D eigenvalue weighted by molar-refractivity contribution is 0.455. The molecule has 0 saturated heterocycles. The molecule has 0 aliphatic heterocycles. The average molecular weight is 345 g/mol. The largest absolute Gasteiger partial charge is 0.310 e. The van der Waals surface area contributed by atoms with E-state index in [1.54, 1.807) is 0 Å². The summed E-state index contributed by atoms with van der Waals surface area (Å²) in [6.07, 6.45) is 3.87. The first-order chi connectivity index (χ1) is 8.13. The van der Waals surface area contributed by atoms with Gasteiger partial charge in [0.2, 0.25) is 0 Å². The van der Waals surface area contributed by atoms with Crippen LogP contribution in [0.5, 0.6) is 0 Å². The molecular formula is C15H24IN. The van der Waals surface area contributed by atoms with Crippen molar-refractivity contribution in [2.45, 2.75) is 46.1 Å². The molecule has 0 fully saturated rings. The summed E-state index contributed by atoms with van der Waals surface area (Å²) in [4.78, 5) is 0. The van der Waals surface area contributed by atoms with Crippen molar-refractivity contribution in [3.63, 3.8) is 0 Å². The van der Waals surface area contributed by atoms with E-state index in [4.69, 9.17) is 0 Å². The summed E-state index contributed by atoms with van der Waals surface area (Å²) in [5.74, 6) is 0.813. The van der Waals surface area contributed by atoms with Gasteiger partial charge in [-0.15, -0.1) is 0 Å². The summed E-state index contributed by atoms with van der Waals surface area (Å²) in [5.41, 5.74) is 1.43. The molecule has 0 aliphatic rings. The minimum absolute atomic E-state index is 0.522. The summed E-state index contributed by atoms with van der Waals surface area (Å²) < 4.78 is 1.33. The van der Waals surface area contributed by atoms with Crippen molar-refractivity contribution in [1.82, 2.24) is 5.32 Å². The van der Waals surface area contributed by atoms with Crippen LogP contribution in [0, 0.1) is 9.49 Å². The Morgan fingerprint density at radius 1 is 1.24 bits per heavy atom. The fourth-order valence-corrected chi connectivity index (χ4v) is 2.65. The van der Waals surface area contributed by atoms with Gasteiger partial charge in [0.25, 0.3) is 0 Å². The van der Waals surface area contributed by atoms with Crippen molar-refractivity contribution in [1.29, 1.82) is 0 Å². The van der Waals surface area contributed by atoms with Gasteiger partial charge in [0.15, 0.2) is 0 Å². The topological polar surface area (TPSA) is 12.0 Å². The maximum Gasteiger partial charge on any atom is 0.0320 e. The first-order valence-electron chi connectivity index (χ1n) is 6.62. The Labute approximate surface area is 120 Å². The first-order valence-corrected chi connectivity index (χ1v) is 7.70. The molecule has 1 atom stereocenters. The van der Waals surface area contributed by atoms with Crippen molar-refractivity contribution < 1.29 is 0 Å². The highest BCUT2D eigenvalue weighted by Crippen LogP contribution is 2.22. The average Bonchev–Trinajstić information content (AvgIpc) is 2.27. The van der Waals surface area contributed by atoms with Crippen molar-refractivity contribution in [2.24, 2.45) is 5.92 Å². The van der Waals surface area contributed by atoms with E-state index in [0.717, 1.165) is 12.5 Å². The summed E-state index contributed by atoms with van der Waals surface area (Å²) in [6.45, 7) is 7.82. The molecule has 1 aromatic rings. The molecule has 17 heavy (non-hydrogen) atoms. The summed E-state index contributed by atoms with van der Waals surface area (Å²) in [6, 6.07) is 9.37. The minimum Gasteiger partial charge on any atom is -0.310 e. The van der Waals surface area contributed by atoms with Gasteiger partial charge in [-0.2, -0.15) is 0 Å². The van der Waals surface area contributed by atoms with E-state index < -0.39 is 0 Å². The highest BCUT2D eigenvalue weighted by molar-refractivity contribution is 14.1. The summed E-state index contributed by atoms with van der Waals surface area (Å²) >= 11 is 2.39. The van der Waals surface area contributed by atoms with Gasteiger partial charge in [-0.1, -0.05) is 45.7 Å². The molecule has 0 spiro atoms. The number of halogens is 1. The molecule has 2 heteroatoms. The third-order valence-electron chi connectivity index (χ3n) is 2.98. The third kappa shape index (κ3) is 5.87. The van der Waals surface area contributed by atoms with Crippen molar-refractivity contribution in [3.05, 3.63) is 33.4 Å². The van der Waals surface area contributed by atoms with Crippen LogP contribution in [0.3, 0.4) is 0 Å². The predicted molar refractivity (Wildman–Crippen MR) is 84.3 cm³/mol. The van der Waals surface area contributed by atoms with E-state index in [2.05, 4.69) is 72.9 Å². The highest BCUT2D eigenvalue weighted by Gasteiger charge is 2.10. The molecular weight excluding hydrogens is 321 g/mol. The van der Waals surface area contributed by atoms with Crippen molar-refractivity contribution in [2.75, 3.05) is 6.54 Å². The zero-order valence-corrected chi connectivity index (χ0v) is 13.3. The van der Waals surface area contributed by atoms with Crippen LogP contribution >= 0.6 is 22.6 Å². The van der Waals surface area contributed by atoms with Gasteiger partial charge in [-0.3, -0.25) is 0 Å². The van der Waals surface area contributed by atoms with Gasteiger partial charge in [-0.25, -0.2) is 0 Å². The molecule has 96 valence electrons. The van der Waals surface area contributed by atoms with Crippen LogP contribution in [0.1, 0.15) is 51.6 Å². The van der Waals surface area contributed by atoms with E-state index >= 15 is 0 Å². The second-order valence-corrected chi connectivity index (χ2v) is 6.24. The predicted octanol–water partition coefficient (Wildman–Crippen LogP) is 4.77. The first kappa shape index (κ1) is 15.0. The second kappa shape index (κ2) is 8.09. The van der Waals surface area contributed by atoms with Gasteiger partial charge in [0.05, 0.1) is 0 Å². The van der Waals surface area contributed by atoms with Crippen LogP contribution in [0.2, 0.25) is 0 Å². The highest BCUT2D eigenvalue weighted by atomic mass is 127. The lowest BCUT2D eigenvalue weighted by Gasteiger charge is -2.19. The maximum absolute atomic E-state index is 3.60. The lowest BCUT2D eigenvalue weighted by atomic mass is 9.98. The Balaban J connectivity index is 2.58. The number of benzene rings is 1. The standard InChI is InChI=1S/C15H24IN/c1-4-17-15(10-5-7-12(2)3)13-8-6-9-14(16)11-13/h6,8-9,11-12,15,17H,4-5,7,10H2,1-3H3. The minimum atomic E-state index is 0.522. The van der Waals surface area contributed by atoms with Crippen LogP contribution in [0.25, 0.3) is 0 Å². The SMILES string of the molecule is CCNC(CCCC(C)C)c1cccc(I)c1. The van der Waals surface area contributed by atoms with Gasteiger partial charge < -0.3 is 5.32 Å². The Kier molecular flexibility index (Phi) is 7.12. The number of rotatable bonds is 7. The molecule has 1 aromatic carbocycles. The zero-order valence-electron chi connectivity index (χ0n) is 11.2. The number of hydrogen-bond acceptors (Lipinski definition) is 1. The van der Waals surface area contributed by atoms with Crippen LogP contribution in [0.4, 0.5) is 0 Å². The maximum atomic E-state index is 3.60. The number of hydrogen-bond donors (Lipinski definition) is 1. The van der Waals surface area contributed by atoms with Crippen molar-refractivity contribution in [3.8, 4) is 0 Å². The normalized spacial score (nSPS) is 13.0. The smallest absolute Gasteiger partial charge is 0.0320 e. The molecule has 0 amide bonds. The van der Waals surface area contributed by atoms with Crippen molar-refractivity contribution >= 4 is 22.6 Å².